The van der Waals surface area contributed by atoms with Crippen molar-refractivity contribution in [1.29, 1.82) is 0 Å². The van der Waals surface area contributed by atoms with E-state index in [-0.39, 0.29) is 11.8 Å². The molecule has 6 heteroatoms. The second kappa shape index (κ2) is 7.68. The van der Waals surface area contributed by atoms with Gasteiger partial charge in [0.05, 0.1) is 5.69 Å². The van der Waals surface area contributed by atoms with E-state index in [1.54, 1.807) is 33.8 Å². The van der Waals surface area contributed by atoms with Crippen LogP contribution in [-0.4, -0.2) is 40.1 Å². The number of hydrogen-bond acceptors (Lipinski definition) is 3. The van der Waals surface area contributed by atoms with E-state index in [0.717, 1.165) is 23.4 Å². The van der Waals surface area contributed by atoms with Crippen LogP contribution in [0.3, 0.4) is 0 Å². The van der Waals surface area contributed by atoms with Crippen molar-refractivity contribution in [1.82, 2.24) is 14.7 Å². The number of carbonyl (C=O) groups is 2. The van der Waals surface area contributed by atoms with E-state index in [1.165, 1.54) is 0 Å². The van der Waals surface area contributed by atoms with Crippen LogP contribution in [0.1, 0.15) is 28.8 Å². The summed E-state index contributed by atoms with van der Waals surface area (Å²) in [7, 11) is 1.79. The highest BCUT2D eigenvalue weighted by Gasteiger charge is 2.22. The molecule has 6 nitrogen and oxygen atoms in total. The normalized spacial score (nSPS) is 13.8. The summed E-state index contributed by atoms with van der Waals surface area (Å²) >= 11 is 0. The molecule has 1 aromatic heterocycles. The molecule has 0 saturated carbocycles. The van der Waals surface area contributed by atoms with Crippen LogP contribution < -0.4 is 4.90 Å². The van der Waals surface area contributed by atoms with Gasteiger partial charge in [0.2, 0.25) is 5.91 Å². The summed E-state index contributed by atoms with van der Waals surface area (Å²) in [4.78, 5) is 28.3. The lowest BCUT2D eigenvalue weighted by Crippen LogP contribution is -2.27. The Morgan fingerprint density at radius 1 is 1.11 bits per heavy atom. The first-order valence-corrected chi connectivity index (χ1v) is 9.37. The largest absolute Gasteiger partial charge is 0.337 e. The molecule has 0 N–H and O–H groups in total. The number of carbonyl (C=O) groups excluding carboxylic acids is 2. The number of hydrogen-bond donors (Lipinski definition) is 0. The van der Waals surface area contributed by atoms with E-state index in [0.29, 0.717) is 25.1 Å². The first-order chi connectivity index (χ1) is 13.6. The highest BCUT2D eigenvalue weighted by Crippen LogP contribution is 2.23. The third kappa shape index (κ3) is 3.67. The monoisotopic (exact) mass is 374 g/mol. The first kappa shape index (κ1) is 18.0. The van der Waals surface area contributed by atoms with Crippen molar-refractivity contribution in [2.75, 3.05) is 18.5 Å². The molecule has 1 aliphatic heterocycles. The van der Waals surface area contributed by atoms with E-state index in [9.17, 15) is 9.59 Å². The molecular formula is C22H22N4O2. The van der Waals surface area contributed by atoms with Crippen molar-refractivity contribution in [2.45, 2.75) is 19.4 Å². The van der Waals surface area contributed by atoms with Gasteiger partial charge in [-0.15, -0.1) is 0 Å². The van der Waals surface area contributed by atoms with Crippen molar-refractivity contribution in [2.24, 2.45) is 0 Å². The summed E-state index contributed by atoms with van der Waals surface area (Å²) in [5.41, 5.74) is 3.36. The number of amides is 2. The van der Waals surface area contributed by atoms with Gasteiger partial charge in [0.1, 0.15) is 0 Å². The highest BCUT2D eigenvalue weighted by molar-refractivity contribution is 5.99. The molecule has 1 aliphatic rings. The van der Waals surface area contributed by atoms with Crippen LogP contribution in [0.25, 0.3) is 5.69 Å². The van der Waals surface area contributed by atoms with Gasteiger partial charge in [0, 0.05) is 50.2 Å². The van der Waals surface area contributed by atoms with Gasteiger partial charge in [-0.25, -0.2) is 4.68 Å². The van der Waals surface area contributed by atoms with E-state index in [1.807, 2.05) is 54.7 Å². The Kier molecular flexibility index (Phi) is 4.93. The lowest BCUT2D eigenvalue weighted by Gasteiger charge is -2.20. The maximum atomic E-state index is 12.9. The molecule has 2 heterocycles. The predicted octanol–water partition coefficient (Wildman–Crippen LogP) is 3.27. The average molecular weight is 374 g/mol. The topological polar surface area (TPSA) is 58.4 Å². The molecule has 4 rings (SSSR count). The molecule has 0 unspecified atom stereocenters. The minimum absolute atomic E-state index is 0.0713. The molecule has 3 aromatic rings. The second-order valence-corrected chi connectivity index (χ2v) is 6.98. The van der Waals surface area contributed by atoms with Crippen LogP contribution >= 0.6 is 0 Å². The summed E-state index contributed by atoms with van der Waals surface area (Å²) in [6.07, 6.45) is 5.06. The lowest BCUT2D eigenvalue weighted by molar-refractivity contribution is -0.117. The van der Waals surface area contributed by atoms with Gasteiger partial charge < -0.3 is 9.80 Å². The average Bonchev–Trinajstić information content (AvgIpc) is 3.39. The Bertz CT molecular complexity index is 997. The number of benzene rings is 2. The molecule has 0 bridgehead atoms. The predicted molar refractivity (Wildman–Crippen MR) is 107 cm³/mol. The summed E-state index contributed by atoms with van der Waals surface area (Å²) in [5.74, 6) is 0.0476. The zero-order chi connectivity index (χ0) is 19.5. The van der Waals surface area contributed by atoms with Crippen LogP contribution in [0.5, 0.6) is 0 Å². The van der Waals surface area contributed by atoms with E-state index in [2.05, 4.69) is 5.10 Å². The third-order valence-electron chi connectivity index (χ3n) is 4.92. The SMILES string of the molecule is CN(Cc1cccc(-n2cccn2)c1)C(=O)c1cccc(N2CCCC2=O)c1. The zero-order valence-corrected chi connectivity index (χ0v) is 15.8. The molecular weight excluding hydrogens is 352 g/mol. The van der Waals surface area contributed by atoms with Gasteiger partial charge in [0.25, 0.3) is 5.91 Å². The molecule has 0 spiro atoms. The fourth-order valence-electron chi connectivity index (χ4n) is 3.51. The Morgan fingerprint density at radius 3 is 2.68 bits per heavy atom. The fraction of sp³-hybridized carbons (Fsp3) is 0.227. The first-order valence-electron chi connectivity index (χ1n) is 9.37. The van der Waals surface area contributed by atoms with Gasteiger partial charge in [-0.1, -0.05) is 18.2 Å². The minimum Gasteiger partial charge on any atom is -0.337 e. The van der Waals surface area contributed by atoms with Gasteiger partial charge in [-0.3, -0.25) is 9.59 Å². The van der Waals surface area contributed by atoms with Gasteiger partial charge >= 0.3 is 0 Å². The quantitative estimate of drug-likeness (QED) is 0.689. The van der Waals surface area contributed by atoms with Crippen molar-refractivity contribution in [3.63, 3.8) is 0 Å². The number of anilines is 1. The van der Waals surface area contributed by atoms with Crippen molar-refractivity contribution in [3.8, 4) is 5.69 Å². The maximum Gasteiger partial charge on any atom is 0.253 e. The zero-order valence-electron chi connectivity index (χ0n) is 15.8. The van der Waals surface area contributed by atoms with Crippen LogP contribution in [-0.2, 0) is 11.3 Å². The Hall–Kier alpha value is -3.41. The summed E-state index contributed by atoms with van der Waals surface area (Å²) in [5, 5.41) is 4.25. The standard InChI is InChI=1S/C22H22N4O2/c1-24(16-17-6-2-9-20(14-17)26-13-5-11-23-26)22(28)18-7-3-8-19(15-18)25-12-4-10-21(25)27/h2-3,5-9,11,13-15H,4,10,12,16H2,1H3. The number of aromatic nitrogens is 2. The minimum atomic E-state index is -0.0713. The van der Waals surface area contributed by atoms with Crippen LogP contribution in [0.2, 0.25) is 0 Å². The van der Waals surface area contributed by atoms with Gasteiger partial charge in [-0.2, -0.15) is 5.10 Å². The Balaban J connectivity index is 1.50. The van der Waals surface area contributed by atoms with Crippen LogP contribution in [0, 0.1) is 0 Å². The molecule has 142 valence electrons. The molecule has 2 amide bonds. The molecule has 28 heavy (non-hydrogen) atoms. The Labute approximate surface area is 164 Å². The van der Waals surface area contributed by atoms with E-state index >= 15 is 0 Å². The molecule has 0 radical (unpaired) electrons. The van der Waals surface area contributed by atoms with E-state index < -0.39 is 0 Å². The van der Waals surface area contributed by atoms with Crippen molar-refractivity contribution >= 4 is 17.5 Å². The molecule has 2 aromatic carbocycles. The van der Waals surface area contributed by atoms with Gasteiger partial charge in [-0.05, 0) is 48.4 Å². The molecule has 1 saturated heterocycles. The van der Waals surface area contributed by atoms with Crippen molar-refractivity contribution < 1.29 is 9.59 Å². The summed E-state index contributed by atoms with van der Waals surface area (Å²) in [6, 6.07) is 17.2. The lowest BCUT2D eigenvalue weighted by atomic mass is 10.1. The van der Waals surface area contributed by atoms with Crippen LogP contribution in [0.4, 0.5) is 5.69 Å². The van der Waals surface area contributed by atoms with Gasteiger partial charge in [0.15, 0.2) is 0 Å². The second-order valence-electron chi connectivity index (χ2n) is 6.98. The maximum absolute atomic E-state index is 12.9. The summed E-state index contributed by atoms with van der Waals surface area (Å²) in [6.45, 7) is 1.20. The highest BCUT2D eigenvalue weighted by atomic mass is 16.2. The summed E-state index contributed by atoms with van der Waals surface area (Å²) < 4.78 is 1.79. The molecule has 0 aliphatic carbocycles. The van der Waals surface area contributed by atoms with Crippen LogP contribution in [0.15, 0.2) is 67.0 Å². The smallest absolute Gasteiger partial charge is 0.253 e. The number of nitrogens with zero attached hydrogens (tertiary/aromatic N) is 4. The third-order valence-corrected chi connectivity index (χ3v) is 4.92. The number of rotatable bonds is 5. The Morgan fingerprint density at radius 2 is 1.93 bits per heavy atom. The van der Waals surface area contributed by atoms with E-state index in [4.69, 9.17) is 0 Å². The molecule has 0 atom stereocenters. The molecule has 1 fully saturated rings. The fourth-order valence-corrected chi connectivity index (χ4v) is 3.51. The van der Waals surface area contributed by atoms with Crippen molar-refractivity contribution in [3.05, 3.63) is 78.1 Å².